The highest BCUT2D eigenvalue weighted by atomic mass is 32.2. The number of ether oxygens (including phenoxy) is 1. The number of nitrogens with zero attached hydrogens (tertiary/aromatic N) is 9. The highest BCUT2D eigenvalue weighted by Crippen LogP contribution is 2.37. The van der Waals surface area contributed by atoms with Crippen molar-refractivity contribution in [1.82, 2.24) is 49.7 Å². The molecule has 1 aliphatic carbocycles. The number of aryl methyl sites for hydroxylation is 1. The molecule has 8 heterocycles. The van der Waals surface area contributed by atoms with Gasteiger partial charge in [0.15, 0.2) is 10.9 Å². The third kappa shape index (κ3) is 13.7. The molecule has 0 unspecified atom stereocenters. The summed E-state index contributed by atoms with van der Waals surface area (Å²) >= 11 is 2.98. The van der Waals surface area contributed by atoms with Gasteiger partial charge in [-0.05, 0) is 123 Å². The molecule has 4 N–H and O–H groups in total. The van der Waals surface area contributed by atoms with Gasteiger partial charge in [0.1, 0.15) is 29.6 Å². The topological polar surface area (TPSA) is 260 Å². The minimum absolute atomic E-state index is 0.00583. The lowest BCUT2D eigenvalue weighted by molar-refractivity contribution is -0.141. The van der Waals surface area contributed by atoms with E-state index in [-0.39, 0.29) is 78.3 Å². The lowest BCUT2D eigenvalue weighted by atomic mass is 9.89. The Morgan fingerprint density at radius 1 is 0.899 bits per heavy atom. The van der Waals surface area contributed by atoms with Crippen LogP contribution in [0, 0.1) is 25.7 Å². The molecule has 1 saturated carbocycles. The number of β-amino-alcohol motifs (C(OH)–C–C–N with tert-alkyl or cyclic N) is 1. The molecule has 3 aromatic carbocycles. The normalized spacial score (nSPS) is 18.2. The van der Waals surface area contributed by atoms with Gasteiger partial charge < -0.3 is 29.5 Å². The number of fused-ring (bicyclic) bond motifs is 2. The molecule has 0 radical (unpaired) electrons. The van der Waals surface area contributed by atoms with Crippen LogP contribution in [0.25, 0.3) is 31.8 Å². The number of para-hydroxylation sites is 1. The summed E-state index contributed by atoms with van der Waals surface area (Å²) in [6.45, 7) is 12.6. The molecule has 8 aromatic rings. The second kappa shape index (κ2) is 26.3. The molecule has 2 saturated heterocycles. The number of aromatic nitrogens is 6. The maximum Gasteiger partial charge on any atom is 0.284 e. The van der Waals surface area contributed by atoms with E-state index in [1.165, 1.54) is 35.5 Å². The maximum absolute atomic E-state index is 14.5. The number of anilines is 2. The van der Waals surface area contributed by atoms with Crippen molar-refractivity contribution >= 4 is 77.5 Å². The number of amides is 4. The summed E-state index contributed by atoms with van der Waals surface area (Å²) < 4.78 is 44.9. The number of sulfonamides is 1. The quantitative estimate of drug-likeness (QED) is 0.0522. The van der Waals surface area contributed by atoms with Crippen LogP contribution < -0.4 is 25.0 Å². The first-order chi connectivity index (χ1) is 42.9. The molecular weight excluding hydrogens is 1190 g/mol. The number of rotatable bonds is 21. The van der Waals surface area contributed by atoms with E-state index in [1.54, 1.807) is 29.7 Å². The van der Waals surface area contributed by atoms with Crippen LogP contribution >= 0.6 is 22.7 Å². The molecule has 4 atom stereocenters. The Kier molecular flexibility index (Phi) is 18.1. The standard InChI is InChI=1S/C65H74N12O9S3/c1-38(2)58(64(82)76-33-46(78)29-53(76)62(80)68-39(3)43-19-21-45(22-20-43)60-40(4)66-37-87-60)54-30-57(72-86-54)85-47-34-74(35-47)26-12-28-89(83,84)73-63(81)59-48(50-31-67-77(41(50)5)32-42-13-7-6-8-14-42)23-24-56(70-59)75-27-25-44-15-11-16-49(51(44)36-75)61(79)71-65-69-52-17-9-10-18-55(52)88-65/h9-11,15-24,30-31,37-39,42,46-47,53,58,78H,6-8,12-14,25-29,32-36H2,1-5H3,(H,68,80)(H,73,81)(H,69,71,79)/t39-,46+,53-,58+/m0/s1. The van der Waals surface area contributed by atoms with Gasteiger partial charge in [0.2, 0.25) is 21.8 Å². The number of carbonyl (C=O) groups is 4. The SMILES string of the molecule is Cc1ncsc1-c1ccc([C@H](C)NC(=O)[C@@H]2C[C@@H](O)CN2C(=O)[C@@H](c2cc(OC3CN(CCCS(=O)(=O)NC(=O)c4nc(N5CCc6cccc(C(=O)Nc7nc8ccccc8s7)c6C5)ccc4-c4cnn(CC5CCCCC5)c4C)C3)no2)C(C)C)cc1. The van der Waals surface area contributed by atoms with Gasteiger partial charge in [-0.2, -0.15) is 5.10 Å². The van der Waals surface area contributed by atoms with Crippen molar-refractivity contribution < 1.29 is 42.0 Å². The zero-order valence-electron chi connectivity index (χ0n) is 50.6. The van der Waals surface area contributed by atoms with E-state index in [9.17, 15) is 32.7 Å². The zero-order chi connectivity index (χ0) is 62.1. The summed E-state index contributed by atoms with van der Waals surface area (Å²) in [5, 5.41) is 26.3. The summed E-state index contributed by atoms with van der Waals surface area (Å²) in [7, 11) is -4.16. The lowest BCUT2D eigenvalue weighted by Gasteiger charge is -2.38. The molecule has 466 valence electrons. The molecular formula is C65H74N12O9S3. The molecule has 4 amide bonds. The van der Waals surface area contributed by atoms with Gasteiger partial charge in [-0.1, -0.05) is 93.0 Å². The minimum atomic E-state index is -4.16. The van der Waals surface area contributed by atoms with E-state index in [0.29, 0.717) is 72.7 Å². The molecule has 12 rings (SSSR count). The van der Waals surface area contributed by atoms with Gasteiger partial charge in [0.25, 0.3) is 17.7 Å². The van der Waals surface area contributed by atoms with Crippen molar-refractivity contribution in [2.24, 2.45) is 11.8 Å². The lowest BCUT2D eigenvalue weighted by Crippen LogP contribution is -2.54. The van der Waals surface area contributed by atoms with E-state index in [1.807, 2.05) is 127 Å². The van der Waals surface area contributed by atoms with Crippen LogP contribution in [0.3, 0.4) is 0 Å². The first kappa shape index (κ1) is 61.3. The Hall–Kier alpha value is -7.90. The molecule has 21 nitrogen and oxygen atoms in total. The van der Waals surface area contributed by atoms with Gasteiger partial charge in [0.05, 0.1) is 50.4 Å². The van der Waals surface area contributed by atoms with Gasteiger partial charge in [-0.3, -0.25) is 34.1 Å². The average Bonchev–Trinajstić information content (AvgIpc) is 2.42. The number of hydrogen-bond donors (Lipinski definition) is 4. The Balaban J connectivity index is 0.663. The Morgan fingerprint density at radius 3 is 2.46 bits per heavy atom. The fraction of sp³-hybridized carbons (Fsp3) is 0.431. The van der Waals surface area contributed by atoms with Crippen molar-refractivity contribution in [3.8, 4) is 27.4 Å². The fourth-order valence-corrected chi connectivity index (χ4v) is 15.5. The van der Waals surface area contributed by atoms with Gasteiger partial charge >= 0.3 is 0 Å². The number of benzene rings is 3. The van der Waals surface area contributed by atoms with E-state index >= 15 is 0 Å². The number of likely N-dealkylation sites (tertiary alicyclic amines) is 2. The summed E-state index contributed by atoms with van der Waals surface area (Å²) in [5.41, 5.74) is 9.85. The maximum atomic E-state index is 14.5. The summed E-state index contributed by atoms with van der Waals surface area (Å²) in [4.78, 5) is 77.1. The highest BCUT2D eigenvalue weighted by molar-refractivity contribution is 7.90. The van der Waals surface area contributed by atoms with Crippen LogP contribution in [0.1, 0.15) is 132 Å². The molecule has 4 aliphatic rings. The Labute approximate surface area is 525 Å². The number of pyridine rings is 1. The van der Waals surface area contributed by atoms with Crippen molar-refractivity contribution in [2.75, 3.05) is 48.7 Å². The van der Waals surface area contributed by atoms with Crippen LogP contribution in [0.15, 0.2) is 101 Å². The van der Waals surface area contributed by atoms with Crippen molar-refractivity contribution in [2.45, 2.75) is 129 Å². The largest absolute Gasteiger partial charge is 0.469 e. The fourth-order valence-electron chi connectivity index (χ4n) is 12.9. The molecule has 0 spiro atoms. The second-order valence-corrected chi connectivity index (χ2v) is 28.1. The highest BCUT2D eigenvalue weighted by Gasteiger charge is 2.44. The van der Waals surface area contributed by atoms with Crippen LogP contribution in [0.5, 0.6) is 5.88 Å². The van der Waals surface area contributed by atoms with Gasteiger partial charge in [-0.15, -0.1) is 11.3 Å². The van der Waals surface area contributed by atoms with Gasteiger partial charge in [-0.25, -0.2) is 28.1 Å². The number of aliphatic hydroxyl groups is 1. The van der Waals surface area contributed by atoms with Gasteiger partial charge in [0, 0.05) is 74.1 Å². The molecule has 24 heteroatoms. The number of nitrogens with one attached hydrogen (secondary N) is 3. The predicted molar refractivity (Wildman–Crippen MR) is 341 cm³/mol. The van der Waals surface area contributed by atoms with Crippen LogP contribution in [0.2, 0.25) is 0 Å². The average molecular weight is 1260 g/mol. The Bertz CT molecular complexity index is 3980. The molecule has 3 fully saturated rings. The smallest absolute Gasteiger partial charge is 0.284 e. The molecule has 0 bridgehead atoms. The van der Waals surface area contributed by atoms with Crippen molar-refractivity contribution in [1.29, 1.82) is 0 Å². The van der Waals surface area contributed by atoms with Crippen molar-refractivity contribution in [3.05, 3.63) is 142 Å². The van der Waals surface area contributed by atoms with Crippen molar-refractivity contribution in [3.63, 3.8) is 0 Å². The molecule has 89 heavy (non-hydrogen) atoms. The summed E-state index contributed by atoms with van der Waals surface area (Å²) in [6.07, 6.45) is 7.36. The minimum Gasteiger partial charge on any atom is -0.469 e. The number of hydrogen-bond acceptors (Lipinski definition) is 18. The summed E-state index contributed by atoms with van der Waals surface area (Å²) in [5.74, 6) is -1.82. The zero-order valence-corrected chi connectivity index (χ0v) is 53.0. The third-order valence-corrected chi connectivity index (χ3v) is 21.0. The second-order valence-electron chi connectivity index (χ2n) is 24.4. The number of aliphatic hydroxyl groups excluding tert-OH is 1. The van der Waals surface area contributed by atoms with E-state index < -0.39 is 34.0 Å². The van der Waals surface area contributed by atoms with E-state index in [0.717, 1.165) is 68.1 Å². The first-order valence-corrected chi connectivity index (χ1v) is 34.0. The van der Waals surface area contributed by atoms with Crippen LogP contribution in [-0.2, 0) is 39.1 Å². The molecule has 3 aliphatic heterocycles. The number of carbonyl (C=O) groups excluding carboxylic acids is 4. The van der Waals surface area contributed by atoms with E-state index in [4.69, 9.17) is 19.3 Å². The molecule has 5 aromatic heterocycles. The Morgan fingerprint density at radius 2 is 1.70 bits per heavy atom. The monoisotopic (exact) mass is 1260 g/mol. The van der Waals surface area contributed by atoms with Crippen LogP contribution in [0.4, 0.5) is 10.9 Å². The number of thiazole rings is 2. The first-order valence-electron chi connectivity index (χ1n) is 30.7. The summed E-state index contributed by atoms with van der Waals surface area (Å²) in [6, 6.07) is 25.4. The predicted octanol–water partition coefficient (Wildman–Crippen LogP) is 9.47. The van der Waals surface area contributed by atoms with E-state index in [2.05, 4.69) is 30.5 Å². The third-order valence-electron chi connectivity index (χ3n) is 17.7. The van der Waals surface area contributed by atoms with Crippen LogP contribution in [-0.4, -0.2) is 134 Å².